The fraction of sp³-hybridized carbons (Fsp3) is 0.381. The third-order valence-corrected chi connectivity index (χ3v) is 4.02. The van der Waals surface area contributed by atoms with Crippen molar-refractivity contribution in [1.82, 2.24) is 15.6 Å². The van der Waals surface area contributed by atoms with Crippen molar-refractivity contribution in [3.8, 4) is 0 Å². The fourth-order valence-electron chi connectivity index (χ4n) is 2.74. The maximum Gasteiger partial charge on any atom is 0.270 e. The van der Waals surface area contributed by atoms with E-state index in [2.05, 4.69) is 15.6 Å². The summed E-state index contributed by atoms with van der Waals surface area (Å²) in [7, 11) is 1.55. The summed E-state index contributed by atoms with van der Waals surface area (Å²) in [4.78, 5) is 29.1. The van der Waals surface area contributed by atoms with Crippen LogP contribution in [-0.4, -0.2) is 29.9 Å². The minimum atomic E-state index is -0.634. The predicted octanol–water partition coefficient (Wildman–Crippen LogP) is 3.09. The average Bonchev–Trinajstić information content (AvgIpc) is 2.61. The Morgan fingerprint density at radius 2 is 1.78 bits per heavy atom. The highest BCUT2D eigenvalue weighted by atomic mass is 19.1. The van der Waals surface area contributed by atoms with E-state index in [9.17, 15) is 14.0 Å². The summed E-state index contributed by atoms with van der Waals surface area (Å²) in [5.74, 6) is -0.923. The maximum absolute atomic E-state index is 13.0. The van der Waals surface area contributed by atoms with Crippen molar-refractivity contribution in [2.24, 2.45) is 5.41 Å². The summed E-state index contributed by atoms with van der Waals surface area (Å²) in [5, 5.41) is 5.36. The molecule has 1 heterocycles. The lowest BCUT2D eigenvalue weighted by Crippen LogP contribution is -2.47. The highest BCUT2D eigenvalue weighted by molar-refractivity contribution is 5.96. The van der Waals surface area contributed by atoms with E-state index in [4.69, 9.17) is 0 Å². The molecule has 27 heavy (non-hydrogen) atoms. The van der Waals surface area contributed by atoms with Crippen LogP contribution in [0.4, 0.5) is 4.39 Å². The first-order valence-corrected chi connectivity index (χ1v) is 8.91. The molecule has 2 rings (SSSR count). The summed E-state index contributed by atoms with van der Waals surface area (Å²) in [6, 6.07) is 10.7. The van der Waals surface area contributed by atoms with Crippen LogP contribution in [0.5, 0.6) is 0 Å². The number of nitrogens with zero attached hydrogens (tertiary/aromatic N) is 1. The second-order valence-electron chi connectivity index (χ2n) is 7.72. The van der Waals surface area contributed by atoms with Gasteiger partial charge in [-0.3, -0.25) is 9.59 Å². The van der Waals surface area contributed by atoms with Crippen molar-refractivity contribution in [3.05, 3.63) is 65.2 Å². The van der Waals surface area contributed by atoms with Gasteiger partial charge in [0, 0.05) is 19.2 Å². The van der Waals surface area contributed by atoms with Gasteiger partial charge in [-0.25, -0.2) is 9.37 Å². The van der Waals surface area contributed by atoms with E-state index in [0.29, 0.717) is 18.5 Å². The van der Waals surface area contributed by atoms with Crippen LogP contribution in [0.2, 0.25) is 0 Å². The third-order valence-electron chi connectivity index (χ3n) is 4.02. The highest BCUT2D eigenvalue weighted by Gasteiger charge is 2.26. The van der Waals surface area contributed by atoms with Gasteiger partial charge in [-0.2, -0.15) is 0 Å². The molecule has 6 heteroatoms. The molecule has 0 fully saturated rings. The number of halogens is 1. The molecule has 144 valence electrons. The van der Waals surface area contributed by atoms with Gasteiger partial charge in [0.05, 0.1) is 0 Å². The topological polar surface area (TPSA) is 71.1 Å². The summed E-state index contributed by atoms with van der Waals surface area (Å²) in [6.07, 6.45) is 0.996. The molecule has 0 saturated carbocycles. The Labute approximate surface area is 159 Å². The van der Waals surface area contributed by atoms with E-state index in [1.54, 1.807) is 31.3 Å². The van der Waals surface area contributed by atoms with E-state index in [0.717, 1.165) is 5.56 Å². The number of hydrogen-bond acceptors (Lipinski definition) is 3. The van der Waals surface area contributed by atoms with Gasteiger partial charge in [0.1, 0.15) is 17.6 Å². The van der Waals surface area contributed by atoms with Crippen LogP contribution in [0.25, 0.3) is 0 Å². The number of carbonyl (C=O) groups is 2. The first-order chi connectivity index (χ1) is 12.7. The van der Waals surface area contributed by atoms with E-state index >= 15 is 0 Å². The molecule has 5 nitrogen and oxygen atoms in total. The molecule has 0 bridgehead atoms. The molecule has 0 aliphatic rings. The molecule has 1 aromatic heterocycles. The standard InChI is InChI=1S/C21H26FN3O2/c1-21(2,3)13-18(19(26)23-4)25-20(27)17-7-5-6-16(24-17)12-14-8-10-15(22)11-9-14/h5-11,18H,12-13H2,1-4H3,(H,23,26)(H,25,27). The molecule has 1 unspecified atom stereocenters. The van der Waals surface area contributed by atoms with Gasteiger partial charge in [-0.15, -0.1) is 0 Å². The quantitative estimate of drug-likeness (QED) is 0.820. The number of pyridine rings is 1. The number of hydrogen-bond donors (Lipinski definition) is 2. The van der Waals surface area contributed by atoms with Crippen molar-refractivity contribution in [2.45, 2.75) is 39.7 Å². The number of rotatable bonds is 6. The Kier molecular flexibility index (Phi) is 6.66. The molecular formula is C21H26FN3O2. The highest BCUT2D eigenvalue weighted by Crippen LogP contribution is 2.21. The smallest absolute Gasteiger partial charge is 0.270 e. The van der Waals surface area contributed by atoms with Crippen LogP contribution in [0.1, 0.15) is 48.9 Å². The number of carbonyl (C=O) groups excluding carboxylic acids is 2. The van der Waals surface area contributed by atoms with Crippen LogP contribution >= 0.6 is 0 Å². The maximum atomic E-state index is 13.0. The first-order valence-electron chi connectivity index (χ1n) is 8.91. The van der Waals surface area contributed by atoms with E-state index in [1.165, 1.54) is 12.1 Å². The van der Waals surface area contributed by atoms with Gasteiger partial charge in [0.15, 0.2) is 0 Å². The van der Waals surface area contributed by atoms with Crippen LogP contribution in [0.3, 0.4) is 0 Å². The Balaban J connectivity index is 2.13. The Hall–Kier alpha value is -2.76. The average molecular weight is 371 g/mol. The van der Waals surface area contributed by atoms with Crippen LogP contribution < -0.4 is 10.6 Å². The van der Waals surface area contributed by atoms with E-state index < -0.39 is 11.9 Å². The van der Waals surface area contributed by atoms with Gasteiger partial charge < -0.3 is 10.6 Å². The normalized spacial score (nSPS) is 12.3. The van der Waals surface area contributed by atoms with Crippen molar-refractivity contribution in [2.75, 3.05) is 7.05 Å². The minimum Gasteiger partial charge on any atom is -0.357 e. The number of benzene rings is 1. The zero-order valence-corrected chi connectivity index (χ0v) is 16.2. The molecule has 0 aliphatic heterocycles. The van der Waals surface area contributed by atoms with Crippen molar-refractivity contribution in [1.29, 1.82) is 0 Å². The summed E-state index contributed by atoms with van der Waals surface area (Å²) in [6.45, 7) is 6.03. The molecule has 0 spiro atoms. The van der Waals surface area contributed by atoms with Gasteiger partial charge in [0.25, 0.3) is 5.91 Å². The zero-order chi connectivity index (χ0) is 20.0. The summed E-state index contributed by atoms with van der Waals surface area (Å²) < 4.78 is 13.0. The number of aromatic nitrogens is 1. The van der Waals surface area contributed by atoms with Crippen molar-refractivity contribution >= 4 is 11.8 Å². The fourth-order valence-corrected chi connectivity index (χ4v) is 2.74. The van der Waals surface area contributed by atoms with Gasteiger partial charge in [-0.1, -0.05) is 39.0 Å². The van der Waals surface area contributed by atoms with Crippen molar-refractivity contribution in [3.63, 3.8) is 0 Å². The number of nitrogens with one attached hydrogen (secondary N) is 2. The van der Waals surface area contributed by atoms with Crippen molar-refractivity contribution < 1.29 is 14.0 Å². The molecule has 2 amide bonds. The molecule has 2 N–H and O–H groups in total. The molecule has 2 aromatic rings. The van der Waals surface area contributed by atoms with Gasteiger partial charge in [-0.05, 0) is 41.7 Å². The lowest BCUT2D eigenvalue weighted by Gasteiger charge is -2.25. The predicted molar refractivity (Wildman–Crippen MR) is 103 cm³/mol. The molecule has 0 aliphatic carbocycles. The van der Waals surface area contributed by atoms with Gasteiger partial charge >= 0.3 is 0 Å². The van der Waals surface area contributed by atoms with Crippen LogP contribution in [0.15, 0.2) is 42.5 Å². The molecule has 1 atom stereocenters. The molecule has 1 aromatic carbocycles. The second-order valence-corrected chi connectivity index (χ2v) is 7.72. The summed E-state index contributed by atoms with van der Waals surface area (Å²) >= 11 is 0. The Morgan fingerprint density at radius 3 is 2.37 bits per heavy atom. The minimum absolute atomic E-state index is 0.123. The van der Waals surface area contributed by atoms with E-state index in [1.807, 2.05) is 26.8 Å². The Bertz CT molecular complexity index is 798. The number of likely N-dealkylation sites (N-methyl/N-ethyl adjacent to an activating group) is 1. The Morgan fingerprint density at radius 1 is 1.11 bits per heavy atom. The molecule has 0 radical (unpaired) electrons. The van der Waals surface area contributed by atoms with Gasteiger partial charge in [0.2, 0.25) is 5.91 Å². The van der Waals surface area contributed by atoms with E-state index in [-0.39, 0.29) is 22.8 Å². The summed E-state index contributed by atoms with van der Waals surface area (Å²) in [5.41, 5.74) is 1.72. The zero-order valence-electron chi connectivity index (χ0n) is 16.2. The monoisotopic (exact) mass is 371 g/mol. The lowest BCUT2D eigenvalue weighted by atomic mass is 9.87. The SMILES string of the molecule is CNC(=O)C(CC(C)(C)C)NC(=O)c1cccc(Cc2ccc(F)cc2)n1. The largest absolute Gasteiger partial charge is 0.357 e. The number of amides is 2. The third kappa shape index (κ3) is 6.47. The molecular weight excluding hydrogens is 345 g/mol. The van der Waals surface area contributed by atoms with Crippen LogP contribution in [-0.2, 0) is 11.2 Å². The lowest BCUT2D eigenvalue weighted by molar-refractivity contribution is -0.123. The first kappa shape index (κ1) is 20.6. The van der Waals surface area contributed by atoms with Crippen LogP contribution in [0, 0.1) is 11.2 Å². The molecule has 0 saturated heterocycles. The second kappa shape index (κ2) is 8.75.